The molecule has 0 radical (unpaired) electrons. The molecule has 0 bridgehead atoms. The Kier molecular flexibility index (Phi) is 2.66. The summed E-state index contributed by atoms with van der Waals surface area (Å²) in [5.74, 6) is 1.48. The Morgan fingerprint density at radius 3 is 2.89 bits per heavy atom. The zero-order valence-electron chi connectivity index (χ0n) is 9.54. The van der Waals surface area contributed by atoms with Crippen LogP contribution in [-0.4, -0.2) is 10.1 Å². The lowest BCUT2D eigenvalue weighted by atomic mass is 10.1. The topological polar surface area (TPSA) is 78.1 Å². The predicted octanol–water partition coefficient (Wildman–Crippen LogP) is 2.46. The van der Waals surface area contributed by atoms with Gasteiger partial charge in [-0.1, -0.05) is 17.3 Å². The maximum Gasteiger partial charge on any atom is 0.258 e. The number of hydrogen-bond donors (Lipinski definition) is 1. The number of nitrogens with zero attached hydrogens (tertiary/aromatic N) is 2. The van der Waals surface area contributed by atoms with E-state index in [1.807, 2.05) is 24.3 Å². The molecule has 3 aromatic rings. The minimum Gasteiger partial charge on any atom is -0.461 e. The first-order chi connectivity index (χ1) is 8.86. The van der Waals surface area contributed by atoms with Crippen molar-refractivity contribution in [1.82, 2.24) is 10.1 Å². The molecule has 18 heavy (non-hydrogen) atoms. The summed E-state index contributed by atoms with van der Waals surface area (Å²) in [6.07, 6.45) is 1.57. The smallest absolute Gasteiger partial charge is 0.258 e. The standard InChI is InChI=1S/C13H11N3O2/c14-8-9-3-1-4-10(7-9)13-15-12(16-18-13)11-5-2-6-17-11/h1-7H,8,14H2. The fourth-order valence-electron chi connectivity index (χ4n) is 1.68. The van der Waals surface area contributed by atoms with Crippen LogP contribution in [0.1, 0.15) is 5.56 Å². The average Bonchev–Trinajstić information content (AvgIpc) is 3.09. The van der Waals surface area contributed by atoms with E-state index in [1.54, 1.807) is 18.4 Å². The molecule has 90 valence electrons. The summed E-state index contributed by atoms with van der Waals surface area (Å²) < 4.78 is 10.4. The maximum atomic E-state index is 5.60. The second kappa shape index (κ2) is 4.46. The van der Waals surface area contributed by atoms with Crippen molar-refractivity contribution >= 4 is 0 Å². The maximum absolute atomic E-state index is 5.60. The Balaban J connectivity index is 1.97. The van der Waals surface area contributed by atoms with E-state index in [0.717, 1.165) is 11.1 Å². The summed E-state index contributed by atoms with van der Waals surface area (Å²) in [6, 6.07) is 11.3. The molecule has 0 amide bonds. The van der Waals surface area contributed by atoms with Gasteiger partial charge in [0.2, 0.25) is 5.82 Å². The molecule has 0 fully saturated rings. The van der Waals surface area contributed by atoms with Crippen molar-refractivity contribution in [3.8, 4) is 23.0 Å². The van der Waals surface area contributed by atoms with Crippen LogP contribution >= 0.6 is 0 Å². The Morgan fingerprint density at radius 2 is 2.11 bits per heavy atom. The van der Waals surface area contributed by atoms with E-state index in [1.165, 1.54) is 0 Å². The van der Waals surface area contributed by atoms with E-state index >= 15 is 0 Å². The quantitative estimate of drug-likeness (QED) is 0.762. The highest BCUT2D eigenvalue weighted by molar-refractivity contribution is 5.57. The lowest BCUT2D eigenvalue weighted by Crippen LogP contribution is -1.95. The van der Waals surface area contributed by atoms with Gasteiger partial charge in [-0.25, -0.2) is 0 Å². The molecular weight excluding hydrogens is 230 g/mol. The summed E-state index contributed by atoms with van der Waals surface area (Å²) in [6.45, 7) is 0.479. The van der Waals surface area contributed by atoms with Gasteiger partial charge in [-0.2, -0.15) is 4.98 Å². The number of nitrogens with two attached hydrogens (primary N) is 1. The molecule has 2 aromatic heterocycles. The first kappa shape index (κ1) is 10.7. The van der Waals surface area contributed by atoms with E-state index in [0.29, 0.717) is 24.0 Å². The summed E-state index contributed by atoms with van der Waals surface area (Å²) in [7, 11) is 0. The fourth-order valence-corrected chi connectivity index (χ4v) is 1.68. The molecule has 2 heterocycles. The third-order valence-electron chi connectivity index (χ3n) is 2.58. The second-order valence-corrected chi connectivity index (χ2v) is 3.80. The number of furan rings is 1. The van der Waals surface area contributed by atoms with Gasteiger partial charge in [-0.3, -0.25) is 0 Å². The molecule has 0 saturated heterocycles. The lowest BCUT2D eigenvalue weighted by molar-refractivity contribution is 0.429. The van der Waals surface area contributed by atoms with Crippen molar-refractivity contribution in [3.05, 3.63) is 48.2 Å². The second-order valence-electron chi connectivity index (χ2n) is 3.80. The minimum absolute atomic E-state index is 0.438. The molecule has 0 atom stereocenters. The molecule has 3 rings (SSSR count). The molecule has 0 saturated carbocycles. The van der Waals surface area contributed by atoms with Crippen LogP contribution in [0.5, 0.6) is 0 Å². The van der Waals surface area contributed by atoms with Gasteiger partial charge in [-0.05, 0) is 29.8 Å². The van der Waals surface area contributed by atoms with Gasteiger partial charge in [0.1, 0.15) is 0 Å². The Morgan fingerprint density at radius 1 is 1.17 bits per heavy atom. The van der Waals surface area contributed by atoms with Crippen LogP contribution in [0, 0.1) is 0 Å². The molecule has 0 aliphatic heterocycles. The van der Waals surface area contributed by atoms with E-state index in [4.69, 9.17) is 14.7 Å². The van der Waals surface area contributed by atoms with Gasteiger partial charge >= 0.3 is 0 Å². The normalized spacial score (nSPS) is 10.7. The Labute approximate surface area is 103 Å². The van der Waals surface area contributed by atoms with E-state index in [-0.39, 0.29) is 0 Å². The van der Waals surface area contributed by atoms with E-state index < -0.39 is 0 Å². The molecule has 2 N–H and O–H groups in total. The van der Waals surface area contributed by atoms with Gasteiger partial charge in [0, 0.05) is 12.1 Å². The number of rotatable bonds is 3. The fraction of sp³-hybridized carbons (Fsp3) is 0.0769. The average molecular weight is 241 g/mol. The van der Waals surface area contributed by atoms with Crippen molar-refractivity contribution in [2.24, 2.45) is 5.73 Å². The van der Waals surface area contributed by atoms with Crippen molar-refractivity contribution in [2.45, 2.75) is 6.54 Å². The first-order valence-electron chi connectivity index (χ1n) is 5.54. The van der Waals surface area contributed by atoms with Crippen LogP contribution in [-0.2, 0) is 6.54 Å². The summed E-state index contributed by atoms with van der Waals surface area (Å²) >= 11 is 0. The third kappa shape index (κ3) is 1.91. The lowest BCUT2D eigenvalue weighted by Gasteiger charge is -1.97. The van der Waals surface area contributed by atoms with Gasteiger partial charge < -0.3 is 14.7 Å². The number of hydrogen-bond acceptors (Lipinski definition) is 5. The largest absolute Gasteiger partial charge is 0.461 e. The van der Waals surface area contributed by atoms with Crippen LogP contribution in [0.15, 0.2) is 51.6 Å². The molecule has 0 aliphatic rings. The molecule has 1 aromatic carbocycles. The number of aromatic nitrogens is 2. The van der Waals surface area contributed by atoms with E-state index in [2.05, 4.69) is 10.1 Å². The van der Waals surface area contributed by atoms with Crippen LogP contribution in [0.25, 0.3) is 23.0 Å². The third-order valence-corrected chi connectivity index (χ3v) is 2.58. The van der Waals surface area contributed by atoms with Gasteiger partial charge in [0.05, 0.1) is 6.26 Å². The predicted molar refractivity (Wildman–Crippen MR) is 65.3 cm³/mol. The highest BCUT2D eigenvalue weighted by atomic mass is 16.5. The first-order valence-corrected chi connectivity index (χ1v) is 5.54. The molecule has 0 unspecified atom stereocenters. The summed E-state index contributed by atoms with van der Waals surface area (Å²) in [5, 5.41) is 3.88. The summed E-state index contributed by atoms with van der Waals surface area (Å²) in [4.78, 5) is 4.29. The Hall–Kier alpha value is -2.40. The van der Waals surface area contributed by atoms with Crippen LogP contribution in [0.3, 0.4) is 0 Å². The zero-order chi connectivity index (χ0) is 12.4. The zero-order valence-corrected chi connectivity index (χ0v) is 9.54. The highest BCUT2D eigenvalue weighted by Gasteiger charge is 2.12. The minimum atomic E-state index is 0.438. The Bertz CT molecular complexity index is 644. The van der Waals surface area contributed by atoms with Crippen molar-refractivity contribution in [3.63, 3.8) is 0 Å². The van der Waals surface area contributed by atoms with Crippen LogP contribution in [0.2, 0.25) is 0 Å². The van der Waals surface area contributed by atoms with Crippen molar-refractivity contribution < 1.29 is 8.94 Å². The molecule has 0 spiro atoms. The van der Waals surface area contributed by atoms with Gasteiger partial charge in [-0.15, -0.1) is 0 Å². The van der Waals surface area contributed by atoms with Crippen molar-refractivity contribution in [2.75, 3.05) is 0 Å². The number of benzene rings is 1. The molecular formula is C13H11N3O2. The van der Waals surface area contributed by atoms with Gasteiger partial charge in [0.15, 0.2) is 5.76 Å². The van der Waals surface area contributed by atoms with Crippen LogP contribution < -0.4 is 5.73 Å². The monoisotopic (exact) mass is 241 g/mol. The van der Waals surface area contributed by atoms with E-state index in [9.17, 15) is 0 Å². The molecule has 5 nitrogen and oxygen atoms in total. The highest BCUT2D eigenvalue weighted by Crippen LogP contribution is 2.22. The SMILES string of the molecule is NCc1cccc(-c2nc(-c3ccco3)no2)c1. The molecule has 5 heteroatoms. The molecule has 0 aliphatic carbocycles. The summed E-state index contributed by atoms with van der Waals surface area (Å²) in [5.41, 5.74) is 7.47. The van der Waals surface area contributed by atoms with Gasteiger partial charge in [0.25, 0.3) is 5.89 Å². The van der Waals surface area contributed by atoms with Crippen LogP contribution in [0.4, 0.5) is 0 Å². The van der Waals surface area contributed by atoms with Crippen molar-refractivity contribution in [1.29, 1.82) is 0 Å².